The zero-order chi connectivity index (χ0) is 31.4. The molecule has 1 aliphatic rings. The summed E-state index contributed by atoms with van der Waals surface area (Å²) in [6, 6.07) is 40.1. The van der Waals surface area contributed by atoms with Gasteiger partial charge in [0.05, 0.1) is 27.9 Å². The Balaban J connectivity index is 1.38. The molecule has 222 valence electrons. The van der Waals surface area contributed by atoms with Gasteiger partial charge < -0.3 is 9.13 Å². The first-order valence-corrected chi connectivity index (χ1v) is 15.7. The van der Waals surface area contributed by atoms with Gasteiger partial charge in [0.2, 0.25) is 0 Å². The van der Waals surface area contributed by atoms with Crippen LogP contribution in [0.5, 0.6) is 0 Å². The minimum atomic E-state index is -0.182. The summed E-state index contributed by atoms with van der Waals surface area (Å²) in [5.41, 5.74) is 10.8. The molecule has 0 amide bonds. The van der Waals surface area contributed by atoms with Crippen molar-refractivity contribution in [3.05, 3.63) is 155 Å². The minimum absolute atomic E-state index is 0.182. The van der Waals surface area contributed by atoms with Crippen LogP contribution in [0.25, 0.3) is 68.8 Å². The first-order chi connectivity index (χ1) is 22.5. The van der Waals surface area contributed by atoms with Crippen LogP contribution in [0.2, 0.25) is 0 Å². The topological polar surface area (TPSA) is 35.6 Å². The molecule has 7 aromatic rings. The number of hydrogen-bond acceptors (Lipinski definition) is 2. The van der Waals surface area contributed by atoms with Crippen LogP contribution in [0.3, 0.4) is 0 Å². The van der Waals surface area contributed by atoms with Gasteiger partial charge in [-0.1, -0.05) is 124 Å². The zero-order valence-corrected chi connectivity index (χ0v) is 26.3. The molecule has 0 saturated heterocycles. The monoisotopic (exact) mass is 594 g/mol. The average Bonchev–Trinajstić information content (AvgIpc) is 3.70. The van der Waals surface area contributed by atoms with Crippen molar-refractivity contribution in [1.29, 1.82) is 0 Å². The molecule has 0 N–H and O–H groups in total. The van der Waals surface area contributed by atoms with Crippen molar-refractivity contribution in [1.82, 2.24) is 19.1 Å². The van der Waals surface area contributed by atoms with E-state index in [1.165, 1.54) is 27.8 Å². The molecule has 4 heterocycles. The third-order valence-corrected chi connectivity index (χ3v) is 9.18. The van der Waals surface area contributed by atoms with Gasteiger partial charge in [0, 0.05) is 50.3 Å². The van der Waals surface area contributed by atoms with Crippen molar-refractivity contribution in [2.75, 3.05) is 0 Å². The summed E-state index contributed by atoms with van der Waals surface area (Å²) in [5, 5.41) is 3.26. The van der Waals surface area contributed by atoms with Gasteiger partial charge >= 0.3 is 0 Å². The summed E-state index contributed by atoms with van der Waals surface area (Å²) in [6.07, 6.45) is 8.61. The standard InChI is InChI=1S/C42H34N4/c1-5-6-23-37-28(2)33-27-45-38-24-14-13-22-34(38)42(3,4)40(45)39(33)46(37)32-21-15-20-31(25-32)36-26-35(29-16-9-7-10-17-29)43-41(44-36)30-18-11-8-12-19-30/h5-27H,2H2,1,3-4H3. The highest BCUT2D eigenvalue weighted by atomic mass is 15.1. The maximum Gasteiger partial charge on any atom is 0.160 e. The van der Waals surface area contributed by atoms with E-state index in [0.717, 1.165) is 44.3 Å². The number of hydrogen-bond donors (Lipinski definition) is 0. The molecule has 0 unspecified atom stereocenters. The summed E-state index contributed by atoms with van der Waals surface area (Å²) in [7, 11) is 0. The lowest BCUT2D eigenvalue weighted by atomic mass is 9.83. The molecule has 0 fully saturated rings. The Kier molecular flexibility index (Phi) is 6.47. The van der Waals surface area contributed by atoms with Crippen LogP contribution in [-0.4, -0.2) is 19.1 Å². The summed E-state index contributed by atoms with van der Waals surface area (Å²) in [5.74, 6) is 0.706. The molecule has 0 radical (unpaired) electrons. The number of rotatable bonds is 5. The summed E-state index contributed by atoms with van der Waals surface area (Å²) in [4.78, 5) is 10.1. The van der Waals surface area contributed by atoms with E-state index >= 15 is 0 Å². The fourth-order valence-electron chi connectivity index (χ4n) is 6.97. The normalized spacial score (nSPS) is 13.8. The van der Waals surface area contributed by atoms with Crippen LogP contribution in [0, 0.1) is 0 Å². The van der Waals surface area contributed by atoms with Gasteiger partial charge in [0.1, 0.15) is 0 Å². The highest BCUT2D eigenvalue weighted by Gasteiger charge is 2.39. The molecule has 0 saturated carbocycles. The Morgan fingerprint density at radius 2 is 1.37 bits per heavy atom. The number of nitrogens with zero attached hydrogens (tertiary/aromatic N) is 4. The second kappa shape index (κ2) is 10.7. The number of allylic oxidation sites excluding steroid dienone is 2. The van der Waals surface area contributed by atoms with Gasteiger partial charge in [-0.3, -0.25) is 0 Å². The first-order valence-electron chi connectivity index (χ1n) is 15.7. The smallest absolute Gasteiger partial charge is 0.160 e. The van der Waals surface area contributed by atoms with Crippen molar-refractivity contribution in [2.24, 2.45) is 0 Å². The van der Waals surface area contributed by atoms with Gasteiger partial charge in [-0.05, 0) is 42.8 Å². The highest BCUT2D eigenvalue weighted by Crippen LogP contribution is 2.46. The minimum Gasteiger partial charge on any atom is -0.317 e. The molecule has 4 aromatic carbocycles. The van der Waals surface area contributed by atoms with Crippen LogP contribution in [0.1, 0.15) is 32.0 Å². The first kappa shape index (κ1) is 27.8. The lowest BCUT2D eigenvalue weighted by molar-refractivity contribution is 0.645. The van der Waals surface area contributed by atoms with E-state index in [1.54, 1.807) is 0 Å². The molecule has 4 nitrogen and oxygen atoms in total. The molecule has 4 heteroatoms. The Hall–Kier alpha value is -5.74. The van der Waals surface area contributed by atoms with Gasteiger partial charge in [-0.2, -0.15) is 0 Å². The fraction of sp³-hybridized carbons (Fsp3) is 0.0952. The molecular formula is C42H34N4. The number of fused-ring (bicyclic) bond motifs is 5. The van der Waals surface area contributed by atoms with Crippen molar-refractivity contribution in [3.63, 3.8) is 0 Å². The van der Waals surface area contributed by atoms with E-state index in [1.807, 2.05) is 43.3 Å². The molecule has 3 aromatic heterocycles. The highest BCUT2D eigenvalue weighted by molar-refractivity contribution is 5.90. The van der Waals surface area contributed by atoms with Crippen molar-refractivity contribution in [2.45, 2.75) is 26.2 Å². The van der Waals surface area contributed by atoms with Gasteiger partial charge in [-0.15, -0.1) is 0 Å². The summed E-state index contributed by atoms with van der Waals surface area (Å²) in [6.45, 7) is 11.3. The van der Waals surface area contributed by atoms with Crippen LogP contribution < -0.4 is 10.6 Å². The van der Waals surface area contributed by atoms with Gasteiger partial charge in [0.25, 0.3) is 0 Å². The summed E-state index contributed by atoms with van der Waals surface area (Å²) < 4.78 is 4.76. The van der Waals surface area contributed by atoms with E-state index in [2.05, 4.69) is 133 Å². The molecular weight excluding hydrogens is 560 g/mol. The van der Waals surface area contributed by atoms with Gasteiger partial charge in [0.15, 0.2) is 5.82 Å². The molecule has 8 rings (SSSR count). The second-order valence-electron chi connectivity index (χ2n) is 12.4. The van der Waals surface area contributed by atoms with Crippen molar-refractivity contribution >= 4 is 23.6 Å². The van der Waals surface area contributed by atoms with Crippen LogP contribution in [0.4, 0.5) is 0 Å². The van der Waals surface area contributed by atoms with Crippen LogP contribution in [-0.2, 0) is 5.41 Å². The van der Waals surface area contributed by atoms with E-state index in [-0.39, 0.29) is 5.41 Å². The molecule has 0 atom stereocenters. The Morgan fingerprint density at radius 3 is 2.11 bits per heavy atom. The zero-order valence-electron chi connectivity index (χ0n) is 26.3. The summed E-state index contributed by atoms with van der Waals surface area (Å²) >= 11 is 0. The Bertz CT molecular complexity index is 2350. The molecule has 0 spiro atoms. The largest absolute Gasteiger partial charge is 0.317 e. The van der Waals surface area contributed by atoms with Crippen molar-refractivity contribution in [3.8, 4) is 45.3 Å². The number of para-hydroxylation sites is 1. The maximum atomic E-state index is 5.12. The predicted octanol–water partition coefficient (Wildman–Crippen LogP) is 8.62. The lowest BCUT2D eigenvalue weighted by Crippen LogP contribution is -2.28. The van der Waals surface area contributed by atoms with Crippen LogP contribution in [0.15, 0.2) is 134 Å². The number of aromatic nitrogens is 4. The number of benzene rings is 4. The average molecular weight is 595 g/mol. The Morgan fingerprint density at radius 1 is 0.717 bits per heavy atom. The molecule has 1 aliphatic heterocycles. The van der Waals surface area contributed by atoms with E-state index in [0.29, 0.717) is 5.82 Å². The SMILES string of the molecule is C=c1c(=CC=CC)n(-c2cccc(-c3cc(-c4ccccc4)nc(-c4ccccc4)n3)c2)c2c3n(cc12)-c1ccccc1C3(C)C. The van der Waals surface area contributed by atoms with E-state index < -0.39 is 0 Å². The lowest BCUT2D eigenvalue weighted by Gasteiger charge is -2.21. The maximum absolute atomic E-state index is 5.12. The molecule has 0 bridgehead atoms. The fourth-order valence-corrected chi connectivity index (χ4v) is 6.97. The second-order valence-corrected chi connectivity index (χ2v) is 12.4. The third kappa shape index (κ3) is 4.29. The van der Waals surface area contributed by atoms with E-state index in [4.69, 9.17) is 9.97 Å². The predicted molar refractivity (Wildman–Crippen MR) is 191 cm³/mol. The van der Waals surface area contributed by atoms with E-state index in [9.17, 15) is 0 Å². The van der Waals surface area contributed by atoms with Gasteiger partial charge in [-0.25, -0.2) is 9.97 Å². The molecule has 46 heavy (non-hydrogen) atoms. The van der Waals surface area contributed by atoms with Crippen molar-refractivity contribution < 1.29 is 0 Å². The Labute approximate surface area is 269 Å². The quantitative estimate of drug-likeness (QED) is 0.200. The molecule has 0 aliphatic carbocycles. The third-order valence-electron chi connectivity index (χ3n) is 9.18. The van der Waals surface area contributed by atoms with Crippen LogP contribution >= 0.6 is 0 Å².